The molecule has 0 atom stereocenters. The average molecular weight is 595 g/mol. The van der Waals surface area contributed by atoms with Gasteiger partial charge in [-0.15, -0.1) is 0 Å². The summed E-state index contributed by atoms with van der Waals surface area (Å²) in [7, 11) is 7.56. The van der Waals surface area contributed by atoms with Crippen LogP contribution in [0.25, 0.3) is 56.0 Å². The predicted molar refractivity (Wildman–Crippen MR) is 167 cm³/mol. The lowest BCUT2D eigenvalue weighted by Gasteiger charge is -2.12. The van der Waals surface area contributed by atoms with Crippen LogP contribution in [0.5, 0.6) is 5.75 Å². The molecule has 0 aliphatic rings. The number of aromatic nitrogens is 7. The van der Waals surface area contributed by atoms with Gasteiger partial charge in [-0.3, -0.25) is 19.9 Å². The molecule has 5 aromatic heterocycles. The number of ether oxygens (including phenoxy) is 1. The number of nitrogens with one attached hydrogen (secondary N) is 3. The van der Waals surface area contributed by atoms with Crippen LogP contribution in [-0.4, -0.2) is 98.7 Å². The predicted octanol–water partition coefficient (Wildman–Crippen LogP) is 4.20. The molecule has 1 aromatic carbocycles. The Labute approximate surface area is 252 Å². The number of fused-ring (bicyclic) bond motifs is 2. The third-order valence-electron chi connectivity index (χ3n) is 6.79. The first-order valence-electron chi connectivity index (χ1n) is 13.9. The Morgan fingerprint density at radius 3 is 2.57 bits per heavy atom. The summed E-state index contributed by atoms with van der Waals surface area (Å²) < 4.78 is 20.4. The number of carbonyl (C=O) groups is 1. The molecule has 5 heterocycles. The van der Waals surface area contributed by atoms with E-state index in [1.165, 1.54) is 12.1 Å². The number of imidazole rings is 1. The van der Waals surface area contributed by atoms with Gasteiger partial charge in [0.2, 0.25) is 5.91 Å². The Morgan fingerprint density at radius 2 is 1.75 bits per heavy atom. The second-order valence-corrected chi connectivity index (χ2v) is 10.9. The monoisotopic (exact) mass is 594 g/mol. The van der Waals surface area contributed by atoms with E-state index in [2.05, 4.69) is 30.5 Å². The maximum absolute atomic E-state index is 14.6. The van der Waals surface area contributed by atoms with Crippen LogP contribution < -0.4 is 10.1 Å². The quantitative estimate of drug-likeness (QED) is 0.213. The van der Waals surface area contributed by atoms with E-state index in [1.807, 2.05) is 51.3 Å². The molecule has 6 aromatic rings. The summed E-state index contributed by atoms with van der Waals surface area (Å²) in [4.78, 5) is 37.7. The first kappa shape index (κ1) is 28.8. The average Bonchev–Trinajstić information content (AvgIpc) is 3.60. The molecule has 1 amide bonds. The second kappa shape index (κ2) is 12.1. The van der Waals surface area contributed by atoms with E-state index in [1.54, 1.807) is 35.8 Å². The van der Waals surface area contributed by atoms with Crippen molar-refractivity contribution in [3.8, 4) is 39.7 Å². The fraction of sp³-hybridized carbons (Fsp3) is 0.226. The van der Waals surface area contributed by atoms with E-state index in [4.69, 9.17) is 14.7 Å². The molecule has 0 aliphatic carbocycles. The minimum atomic E-state index is -0.416. The smallest absolute Gasteiger partial charge is 0.238 e. The van der Waals surface area contributed by atoms with Crippen molar-refractivity contribution in [3.05, 3.63) is 67.0 Å². The van der Waals surface area contributed by atoms with Crippen LogP contribution in [0.3, 0.4) is 0 Å². The zero-order chi connectivity index (χ0) is 30.8. The van der Waals surface area contributed by atoms with Crippen molar-refractivity contribution in [3.63, 3.8) is 0 Å². The maximum Gasteiger partial charge on any atom is 0.238 e. The van der Waals surface area contributed by atoms with Gasteiger partial charge < -0.3 is 24.8 Å². The maximum atomic E-state index is 14.6. The van der Waals surface area contributed by atoms with Gasteiger partial charge in [0.15, 0.2) is 11.5 Å². The number of hydrogen-bond donors (Lipinski definition) is 3. The van der Waals surface area contributed by atoms with Crippen LogP contribution in [0.2, 0.25) is 0 Å². The number of H-pyrrole nitrogens is 2. The second-order valence-electron chi connectivity index (χ2n) is 10.9. The van der Waals surface area contributed by atoms with Gasteiger partial charge >= 0.3 is 0 Å². The number of pyridine rings is 3. The van der Waals surface area contributed by atoms with E-state index < -0.39 is 5.82 Å². The standard InChI is InChI=1S/C31H31FN10O2/c1-41(2)7-8-44-22-11-18(9-20(32)12-22)23-15-34-16-26-28(23)38-31(37-26)30-29-25(39-40-30)6-5-24(36-29)19-10-21(14-33-13-19)35-27(43)17-42(3)4/h5-6,9-16H,7-8,17H2,1-4H3,(H,35,43)(H,37,38)(H,39,40). The van der Waals surface area contributed by atoms with Crippen LogP contribution in [0, 0.1) is 5.82 Å². The Morgan fingerprint density at radius 1 is 0.909 bits per heavy atom. The van der Waals surface area contributed by atoms with Crippen molar-refractivity contribution >= 4 is 33.7 Å². The number of anilines is 1. The van der Waals surface area contributed by atoms with Gasteiger partial charge in [0.1, 0.15) is 23.7 Å². The highest BCUT2D eigenvalue weighted by Crippen LogP contribution is 2.33. The third-order valence-corrected chi connectivity index (χ3v) is 6.79. The van der Waals surface area contributed by atoms with E-state index in [-0.39, 0.29) is 12.5 Å². The van der Waals surface area contributed by atoms with Gasteiger partial charge in [-0.1, -0.05) is 0 Å². The minimum absolute atomic E-state index is 0.139. The molecule has 0 unspecified atom stereocenters. The molecule has 0 fully saturated rings. The first-order valence-corrected chi connectivity index (χ1v) is 13.9. The van der Waals surface area contributed by atoms with Crippen LogP contribution in [0.1, 0.15) is 0 Å². The Balaban J connectivity index is 1.33. The molecule has 0 bridgehead atoms. The number of rotatable bonds is 10. The Kier molecular flexibility index (Phi) is 7.96. The summed E-state index contributed by atoms with van der Waals surface area (Å²) in [6.45, 7) is 1.39. The summed E-state index contributed by atoms with van der Waals surface area (Å²) in [5, 5.41) is 10.4. The van der Waals surface area contributed by atoms with Crippen molar-refractivity contribution in [2.75, 3.05) is 53.2 Å². The molecule has 0 saturated heterocycles. The summed E-state index contributed by atoms with van der Waals surface area (Å²) in [5.41, 5.74) is 6.30. The molecule has 0 aliphatic heterocycles. The lowest BCUT2D eigenvalue weighted by Crippen LogP contribution is -2.27. The summed E-state index contributed by atoms with van der Waals surface area (Å²) in [6, 6.07) is 10.1. The number of hydrogen-bond acceptors (Lipinski definition) is 9. The minimum Gasteiger partial charge on any atom is -0.492 e. The largest absolute Gasteiger partial charge is 0.492 e. The van der Waals surface area contributed by atoms with Crippen LogP contribution in [0.15, 0.2) is 61.2 Å². The van der Waals surface area contributed by atoms with Crippen LogP contribution >= 0.6 is 0 Å². The number of likely N-dealkylation sites (N-methyl/N-ethyl adjacent to an activating group) is 2. The van der Waals surface area contributed by atoms with Crippen LogP contribution in [-0.2, 0) is 4.79 Å². The number of halogens is 1. The fourth-order valence-electron chi connectivity index (χ4n) is 4.76. The zero-order valence-corrected chi connectivity index (χ0v) is 24.7. The molecule has 224 valence electrons. The highest BCUT2D eigenvalue weighted by atomic mass is 19.1. The lowest BCUT2D eigenvalue weighted by atomic mass is 10.1. The van der Waals surface area contributed by atoms with E-state index in [9.17, 15) is 9.18 Å². The summed E-state index contributed by atoms with van der Waals surface area (Å²) in [5.74, 6) is 0.354. The van der Waals surface area contributed by atoms with Gasteiger partial charge in [0.05, 0.1) is 46.9 Å². The zero-order valence-electron chi connectivity index (χ0n) is 24.7. The summed E-state index contributed by atoms with van der Waals surface area (Å²) in [6.07, 6.45) is 6.60. The molecule has 44 heavy (non-hydrogen) atoms. The van der Waals surface area contributed by atoms with Crippen molar-refractivity contribution in [1.29, 1.82) is 0 Å². The number of amides is 1. The molecule has 0 saturated carbocycles. The normalized spacial score (nSPS) is 11.6. The number of benzene rings is 1. The molecule has 12 nitrogen and oxygen atoms in total. The lowest BCUT2D eigenvalue weighted by molar-refractivity contribution is -0.116. The van der Waals surface area contributed by atoms with E-state index >= 15 is 0 Å². The molecular formula is C31H31FN10O2. The fourth-order valence-corrected chi connectivity index (χ4v) is 4.76. The molecule has 0 radical (unpaired) electrons. The number of carbonyl (C=O) groups excluding carboxylic acids is 1. The van der Waals surface area contributed by atoms with Crippen LogP contribution in [0.4, 0.5) is 10.1 Å². The Bertz CT molecular complexity index is 1970. The van der Waals surface area contributed by atoms with Crippen molar-refractivity contribution < 1.29 is 13.9 Å². The number of aromatic amines is 2. The highest BCUT2D eigenvalue weighted by molar-refractivity contribution is 5.96. The van der Waals surface area contributed by atoms with E-state index in [0.29, 0.717) is 69.5 Å². The van der Waals surface area contributed by atoms with Gasteiger partial charge in [-0.05, 0) is 64.1 Å². The van der Waals surface area contributed by atoms with Crippen molar-refractivity contribution in [2.24, 2.45) is 0 Å². The molecule has 0 spiro atoms. The van der Waals surface area contributed by atoms with Gasteiger partial charge in [0.25, 0.3) is 0 Å². The topological polar surface area (TPSA) is 141 Å². The number of nitrogens with zero attached hydrogens (tertiary/aromatic N) is 7. The Hall–Kier alpha value is -5.27. The summed E-state index contributed by atoms with van der Waals surface area (Å²) >= 11 is 0. The molecular weight excluding hydrogens is 563 g/mol. The van der Waals surface area contributed by atoms with Gasteiger partial charge in [0, 0.05) is 36.1 Å². The SMILES string of the molecule is CN(C)CCOc1cc(F)cc(-c2cncc3[nH]c(-c4n[nH]c5ccc(-c6cncc(NC(=O)CN(C)C)c6)nc45)nc23)c1. The van der Waals surface area contributed by atoms with Crippen molar-refractivity contribution in [2.45, 2.75) is 0 Å². The molecule has 6 rings (SSSR count). The van der Waals surface area contributed by atoms with Gasteiger partial charge in [-0.2, -0.15) is 5.10 Å². The first-order chi connectivity index (χ1) is 21.2. The highest BCUT2D eigenvalue weighted by Gasteiger charge is 2.18. The van der Waals surface area contributed by atoms with E-state index in [0.717, 1.165) is 11.1 Å². The molecule has 3 N–H and O–H groups in total. The van der Waals surface area contributed by atoms with Crippen molar-refractivity contribution in [1.82, 2.24) is 44.9 Å². The molecule has 13 heteroatoms. The third kappa shape index (κ3) is 6.23. The van der Waals surface area contributed by atoms with Gasteiger partial charge in [-0.25, -0.2) is 14.4 Å².